The van der Waals surface area contributed by atoms with E-state index >= 15 is 0 Å². The van der Waals surface area contributed by atoms with Gasteiger partial charge in [-0.05, 0) is 48.9 Å². The van der Waals surface area contributed by atoms with Gasteiger partial charge in [0, 0.05) is 10.5 Å². The summed E-state index contributed by atoms with van der Waals surface area (Å²) >= 11 is 3.44. The predicted molar refractivity (Wildman–Crippen MR) is 80.4 cm³/mol. The number of hydrogen-bond acceptors (Lipinski definition) is 2. The molecule has 2 aromatic rings. The van der Waals surface area contributed by atoms with E-state index in [4.69, 9.17) is 4.74 Å². The van der Waals surface area contributed by atoms with Crippen molar-refractivity contribution in [2.24, 2.45) is 0 Å². The average molecular weight is 322 g/mol. The summed E-state index contributed by atoms with van der Waals surface area (Å²) in [6.07, 6.45) is 0. The van der Waals surface area contributed by atoms with E-state index in [0.717, 1.165) is 15.2 Å². The maximum atomic E-state index is 11.5. The molecule has 0 aromatic heterocycles. The fourth-order valence-electron chi connectivity index (χ4n) is 1.80. The summed E-state index contributed by atoms with van der Waals surface area (Å²) in [5.41, 5.74) is 0. The SMILES string of the molecule is CC(C)NC(=O)COc1ccc2cc(Br)ccc2c1. The van der Waals surface area contributed by atoms with Crippen molar-refractivity contribution in [3.8, 4) is 5.75 Å². The van der Waals surface area contributed by atoms with Crippen LogP contribution in [0.1, 0.15) is 13.8 Å². The molecule has 0 atom stereocenters. The lowest BCUT2D eigenvalue weighted by Gasteiger charge is -2.10. The van der Waals surface area contributed by atoms with Gasteiger partial charge in [-0.1, -0.05) is 28.1 Å². The van der Waals surface area contributed by atoms with E-state index in [1.807, 2.05) is 50.2 Å². The molecule has 0 unspecified atom stereocenters. The second kappa shape index (κ2) is 6.06. The van der Waals surface area contributed by atoms with Crippen LogP contribution in [0.25, 0.3) is 10.8 Å². The Kier molecular flexibility index (Phi) is 4.43. The summed E-state index contributed by atoms with van der Waals surface area (Å²) in [5, 5.41) is 5.01. The van der Waals surface area contributed by atoms with Crippen LogP contribution in [0.5, 0.6) is 5.75 Å². The number of ether oxygens (including phenoxy) is 1. The molecule has 100 valence electrons. The zero-order chi connectivity index (χ0) is 13.8. The second-order valence-electron chi connectivity index (χ2n) is 4.66. The second-order valence-corrected chi connectivity index (χ2v) is 5.58. The van der Waals surface area contributed by atoms with E-state index in [9.17, 15) is 4.79 Å². The van der Waals surface area contributed by atoms with Crippen LogP contribution in [0.4, 0.5) is 0 Å². The lowest BCUT2D eigenvalue weighted by atomic mass is 10.1. The monoisotopic (exact) mass is 321 g/mol. The Balaban J connectivity index is 2.05. The molecular formula is C15H16BrNO2. The van der Waals surface area contributed by atoms with Crippen LogP contribution in [-0.2, 0) is 4.79 Å². The van der Waals surface area contributed by atoms with E-state index < -0.39 is 0 Å². The first-order valence-corrected chi connectivity index (χ1v) is 6.95. The van der Waals surface area contributed by atoms with Gasteiger partial charge < -0.3 is 10.1 Å². The van der Waals surface area contributed by atoms with Gasteiger partial charge in [0.25, 0.3) is 5.91 Å². The highest BCUT2D eigenvalue weighted by molar-refractivity contribution is 9.10. The van der Waals surface area contributed by atoms with E-state index in [1.165, 1.54) is 0 Å². The van der Waals surface area contributed by atoms with E-state index in [0.29, 0.717) is 5.75 Å². The zero-order valence-corrected chi connectivity index (χ0v) is 12.5. The minimum atomic E-state index is -0.106. The Morgan fingerprint density at radius 2 is 1.89 bits per heavy atom. The quantitative estimate of drug-likeness (QED) is 0.935. The van der Waals surface area contributed by atoms with Gasteiger partial charge >= 0.3 is 0 Å². The number of carbonyl (C=O) groups excluding carboxylic acids is 1. The van der Waals surface area contributed by atoms with Crippen molar-refractivity contribution >= 4 is 32.6 Å². The van der Waals surface area contributed by atoms with Crippen molar-refractivity contribution in [2.45, 2.75) is 19.9 Å². The van der Waals surface area contributed by atoms with Gasteiger partial charge in [0.15, 0.2) is 6.61 Å². The summed E-state index contributed by atoms with van der Waals surface area (Å²) in [4.78, 5) is 11.5. The van der Waals surface area contributed by atoms with Crippen molar-refractivity contribution in [3.63, 3.8) is 0 Å². The average Bonchev–Trinajstić information content (AvgIpc) is 2.35. The van der Waals surface area contributed by atoms with Crippen LogP contribution in [0, 0.1) is 0 Å². The Morgan fingerprint density at radius 3 is 2.63 bits per heavy atom. The van der Waals surface area contributed by atoms with Gasteiger partial charge in [-0.25, -0.2) is 0 Å². The van der Waals surface area contributed by atoms with Crippen LogP contribution >= 0.6 is 15.9 Å². The molecule has 0 saturated carbocycles. The molecule has 0 fully saturated rings. The number of carbonyl (C=O) groups is 1. The molecular weight excluding hydrogens is 306 g/mol. The van der Waals surface area contributed by atoms with Gasteiger partial charge in [-0.3, -0.25) is 4.79 Å². The highest BCUT2D eigenvalue weighted by Gasteiger charge is 2.04. The highest BCUT2D eigenvalue weighted by Crippen LogP contribution is 2.24. The Hall–Kier alpha value is -1.55. The largest absolute Gasteiger partial charge is 0.484 e. The molecule has 0 radical (unpaired) electrons. The van der Waals surface area contributed by atoms with Gasteiger partial charge in [0.2, 0.25) is 0 Å². The minimum absolute atomic E-state index is 0.0419. The van der Waals surface area contributed by atoms with Crippen molar-refractivity contribution in [1.29, 1.82) is 0 Å². The Bertz CT molecular complexity index is 596. The molecule has 2 rings (SSSR count). The molecule has 0 bridgehead atoms. The van der Waals surface area contributed by atoms with E-state index in [2.05, 4.69) is 21.2 Å². The lowest BCUT2D eigenvalue weighted by molar-refractivity contribution is -0.123. The third kappa shape index (κ3) is 3.96. The first-order chi connectivity index (χ1) is 9.04. The van der Waals surface area contributed by atoms with Gasteiger partial charge in [-0.2, -0.15) is 0 Å². The molecule has 0 heterocycles. The maximum absolute atomic E-state index is 11.5. The van der Waals surface area contributed by atoms with Crippen molar-refractivity contribution < 1.29 is 9.53 Å². The molecule has 0 spiro atoms. The number of rotatable bonds is 4. The fraction of sp³-hybridized carbons (Fsp3) is 0.267. The van der Waals surface area contributed by atoms with Gasteiger partial charge in [-0.15, -0.1) is 0 Å². The van der Waals surface area contributed by atoms with Gasteiger partial charge in [0.1, 0.15) is 5.75 Å². The van der Waals surface area contributed by atoms with Crippen molar-refractivity contribution in [2.75, 3.05) is 6.61 Å². The van der Waals surface area contributed by atoms with Crippen LogP contribution in [0.3, 0.4) is 0 Å². The molecule has 1 N–H and O–H groups in total. The number of fused-ring (bicyclic) bond motifs is 1. The minimum Gasteiger partial charge on any atom is -0.484 e. The van der Waals surface area contributed by atoms with Crippen LogP contribution in [-0.4, -0.2) is 18.6 Å². The summed E-state index contributed by atoms with van der Waals surface area (Å²) in [5.74, 6) is 0.597. The van der Waals surface area contributed by atoms with E-state index in [1.54, 1.807) is 0 Å². The molecule has 0 aliphatic rings. The standard InChI is InChI=1S/C15H16BrNO2/c1-10(2)17-15(18)9-19-14-6-4-11-7-13(16)5-3-12(11)8-14/h3-8,10H,9H2,1-2H3,(H,17,18). The third-order valence-corrected chi connectivity index (χ3v) is 3.09. The highest BCUT2D eigenvalue weighted by atomic mass is 79.9. The maximum Gasteiger partial charge on any atom is 0.258 e. The molecule has 19 heavy (non-hydrogen) atoms. The van der Waals surface area contributed by atoms with Crippen molar-refractivity contribution in [1.82, 2.24) is 5.32 Å². The van der Waals surface area contributed by atoms with Crippen LogP contribution < -0.4 is 10.1 Å². The third-order valence-electron chi connectivity index (χ3n) is 2.59. The van der Waals surface area contributed by atoms with Crippen LogP contribution in [0.15, 0.2) is 40.9 Å². The number of halogens is 1. The Labute approximate surface area is 121 Å². The molecule has 0 aliphatic carbocycles. The summed E-state index contributed by atoms with van der Waals surface area (Å²) < 4.78 is 6.53. The number of nitrogens with one attached hydrogen (secondary N) is 1. The number of amides is 1. The lowest BCUT2D eigenvalue weighted by Crippen LogP contribution is -2.34. The number of hydrogen-bond donors (Lipinski definition) is 1. The summed E-state index contributed by atoms with van der Waals surface area (Å²) in [6, 6.07) is 12.0. The van der Waals surface area contributed by atoms with Crippen molar-refractivity contribution in [3.05, 3.63) is 40.9 Å². The fourth-order valence-corrected chi connectivity index (χ4v) is 2.18. The van der Waals surface area contributed by atoms with E-state index in [-0.39, 0.29) is 18.6 Å². The first kappa shape index (κ1) is 13.9. The summed E-state index contributed by atoms with van der Waals surface area (Å²) in [7, 11) is 0. The molecule has 2 aromatic carbocycles. The topological polar surface area (TPSA) is 38.3 Å². The van der Waals surface area contributed by atoms with Gasteiger partial charge in [0.05, 0.1) is 0 Å². The predicted octanol–water partition coefficient (Wildman–Crippen LogP) is 3.51. The first-order valence-electron chi connectivity index (χ1n) is 6.16. The number of benzene rings is 2. The normalized spacial score (nSPS) is 10.7. The zero-order valence-electron chi connectivity index (χ0n) is 10.9. The molecule has 0 aliphatic heterocycles. The van der Waals surface area contributed by atoms with Crippen LogP contribution in [0.2, 0.25) is 0 Å². The smallest absolute Gasteiger partial charge is 0.258 e. The molecule has 4 heteroatoms. The molecule has 0 saturated heterocycles. The Morgan fingerprint density at radius 1 is 1.21 bits per heavy atom. The summed E-state index contributed by atoms with van der Waals surface area (Å²) in [6.45, 7) is 3.89. The molecule has 3 nitrogen and oxygen atoms in total. The molecule has 1 amide bonds.